The van der Waals surface area contributed by atoms with Gasteiger partial charge in [-0.15, -0.1) is 0 Å². The summed E-state index contributed by atoms with van der Waals surface area (Å²) in [6.45, 7) is 17.6. The normalized spacial score (nSPS) is 11.3. The van der Waals surface area contributed by atoms with Crippen LogP contribution in [0.1, 0.15) is 72.4 Å². The summed E-state index contributed by atoms with van der Waals surface area (Å²) >= 11 is 0. The average molecular weight is 1090 g/mol. The Bertz CT molecular complexity index is 3580. The Labute approximate surface area is 453 Å². The van der Waals surface area contributed by atoms with Crippen LogP contribution in [0.5, 0.6) is 0 Å². The number of rotatable bonds is 22. The lowest BCUT2D eigenvalue weighted by Gasteiger charge is -2.18. The molecule has 0 saturated heterocycles. The lowest BCUT2D eigenvalue weighted by molar-refractivity contribution is 0.0696. The van der Waals surface area contributed by atoms with Crippen LogP contribution >= 0.6 is 0 Å². The minimum Gasteiger partial charge on any atom is -0.478 e. The molecule has 0 bridgehead atoms. The van der Waals surface area contributed by atoms with Gasteiger partial charge >= 0.3 is 5.97 Å². The average Bonchev–Trinajstić information content (AvgIpc) is 3.62. The van der Waals surface area contributed by atoms with Crippen LogP contribution in [0, 0.1) is 37.1 Å². The second-order valence-electron chi connectivity index (χ2n) is 18.3. The SMILES string of the molecule is CCN(CC)CCCNc1nc(-c2cc(C(=O)NCCF)ccc2C)c2ccc(=O)n(-c3c(F)cccc3F)c2n1.CCN(CC)CCCNc1nc(-c2cc(C(=O)O)ccc2C)c2ccc(=O)n(-c3c(F)cccc3F)c2n1. The van der Waals surface area contributed by atoms with Crippen LogP contribution in [-0.2, 0) is 0 Å². The number of fused-ring (bicyclic) bond motifs is 2. The van der Waals surface area contributed by atoms with E-state index in [-0.39, 0.29) is 40.9 Å². The lowest BCUT2D eigenvalue weighted by Crippen LogP contribution is -2.26. The van der Waals surface area contributed by atoms with Gasteiger partial charge in [0.15, 0.2) is 11.3 Å². The van der Waals surface area contributed by atoms with Gasteiger partial charge in [0.1, 0.15) is 41.3 Å². The number of alkyl halides is 1. The quantitative estimate of drug-likeness (QED) is 0.0371. The van der Waals surface area contributed by atoms with Crippen LogP contribution in [0.3, 0.4) is 0 Å². The fourth-order valence-corrected chi connectivity index (χ4v) is 9.01. The van der Waals surface area contributed by atoms with E-state index in [1.54, 1.807) is 31.2 Å². The summed E-state index contributed by atoms with van der Waals surface area (Å²) in [6.07, 6.45) is 1.57. The maximum atomic E-state index is 14.9. The Morgan fingerprint density at radius 3 is 1.35 bits per heavy atom. The van der Waals surface area contributed by atoms with Crippen molar-refractivity contribution in [2.24, 2.45) is 0 Å². The Hall–Kier alpha value is -8.43. The molecule has 79 heavy (non-hydrogen) atoms. The highest BCUT2D eigenvalue weighted by atomic mass is 19.1. The number of pyridine rings is 2. The number of para-hydroxylation sites is 2. The third-order valence-corrected chi connectivity index (χ3v) is 13.4. The number of nitrogens with zero attached hydrogens (tertiary/aromatic N) is 8. The predicted molar refractivity (Wildman–Crippen MR) is 298 cm³/mol. The van der Waals surface area contributed by atoms with E-state index >= 15 is 0 Å². The number of carbonyl (C=O) groups is 2. The summed E-state index contributed by atoms with van der Waals surface area (Å²) < 4.78 is 74.0. The van der Waals surface area contributed by atoms with E-state index in [2.05, 4.69) is 68.4 Å². The number of nitrogens with one attached hydrogen (secondary N) is 3. The molecule has 8 rings (SSSR count). The zero-order valence-electron chi connectivity index (χ0n) is 44.8. The van der Waals surface area contributed by atoms with E-state index in [0.29, 0.717) is 46.4 Å². The van der Waals surface area contributed by atoms with Gasteiger partial charge in [0, 0.05) is 59.2 Å². The molecule has 0 atom stereocenters. The maximum Gasteiger partial charge on any atom is 0.335 e. The molecule has 414 valence electrons. The molecule has 4 aromatic carbocycles. The molecule has 0 aliphatic heterocycles. The molecule has 1 amide bonds. The highest BCUT2D eigenvalue weighted by Crippen LogP contribution is 2.34. The number of halogens is 5. The van der Waals surface area contributed by atoms with Crippen molar-refractivity contribution >= 4 is 45.8 Å². The summed E-state index contributed by atoms with van der Waals surface area (Å²) in [7, 11) is 0. The first-order chi connectivity index (χ1) is 38.0. The Kier molecular flexibility index (Phi) is 19.7. The molecule has 0 aliphatic carbocycles. The first-order valence-electron chi connectivity index (χ1n) is 26.0. The molecular formula is C58H62F5N11O5. The first kappa shape index (κ1) is 58.3. The van der Waals surface area contributed by atoms with Crippen molar-refractivity contribution in [1.82, 2.24) is 44.2 Å². The number of aromatic carboxylic acids is 1. The van der Waals surface area contributed by atoms with E-state index in [0.717, 1.165) is 96.6 Å². The minimum absolute atomic E-state index is 0.00197. The molecule has 21 heteroatoms. The van der Waals surface area contributed by atoms with Crippen LogP contribution in [0.4, 0.5) is 33.8 Å². The third kappa shape index (κ3) is 13.5. The summed E-state index contributed by atoms with van der Waals surface area (Å²) in [6, 6.07) is 21.7. The molecule has 8 aromatic rings. The smallest absolute Gasteiger partial charge is 0.335 e. The van der Waals surface area contributed by atoms with Crippen molar-refractivity contribution in [2.75, 3.05) is 76.2 Å². The fraction of sp³-hybridized carbons (Fsp3) is 0.310. The second kappa shape index (κ2) is 26.8. The number of benzene rings is 4. The van der Waals surface area contributed by atoms with Gasteiger partial charge in [-0.25, -0.2) is 36.7 Å². The van der Waals surface area contributed by atoms with Gasteiger partial charge in [-0.2, -0.15) is 9.97 Å². The number of anilines is 2. The van der Waals surface area contributed by atoms with Gasteiger partial charge < -0.3 is 30.9 Å². The molecule has 4 N–H and O–H groups in total. The van der Waals surface area contributed by atoms with Crippen molar-refractivity contribution in [3.05, 3.63) is 163 Å². The summed E-state index contributed by atoms with van der Waals surface area (Å²) in [4.78, 5) is 73.3. The topological polar surface area (TPSA) is 192 Å². The number of hydrogen-bond donors (Lipinski definition) is 4. The van der Waals surface area contributed by atoms with Crippen LogP contribution in [0.2, 0.25) is 0 Å². The van der Waals surface area contributed by atoms with E-state index in [1.165, 1.54) is 48.5 Å². The van der Waals surface area contributed by atoms with Crippen molar-refractivity contribution in [3.8, 4) is 33.9 Å². The third-order valence-electron chi connectivity index (χ3n) is 13.4. The Morgan fingerprint density at radius 2 is 0.962 bits per heavy atom. The summed E-state index contributed by atoms with van der Waals surface area (Å²) in [5.74, 6) is -4.92. The standard InChI is InChI=1S/C30H33F3N6O2.C28H29F2N5O3/c1-4-38(5-2)17-7-15-35-30-36-26(22-18-20(11-10-19(22)3)29(41)34-16-14-31)21-12-13-25(40)39(28(21)37-30)27-23(32)8-6-9-24(27)33;1-4-34(5-2)15-7-14-31-28-32-24(20-16-18(27(37)38)11-10-17(20)3)19-12-13-23(36)35(26(19)33-28)25-21(29)8-6-9-22(25)30/h6,8-13,18H,4-5,7,14-17H2,1-3H3,(H,34,41)(H,35,36,37);6,8-13,16H,4-5,7,14-15H2,1-3H3,(H,37,38)(H,31,32,33). The Morgan fingerprint density at radius 1 is 0.557 bits per heavy atom. The van der Waals surface area contributed by atoms with Crippen LogP contribution < -0.4 is 27.1 Å². The van der Waals surface area contributed by atoms with Gasteiger partial charge in [0.05, 0.1) is 17.0 Å². The van der Waals surface area contributed by atoms with Crippen LogP contribution in [-0.4, -0.2) is 121 Å². The lowest BCUT2D eigenvalue weighted by atomic mass is 9.99. The number of aryl methyl sites for hydroxylation is 2. The fourth-order valence-electron chi connectivity index (χ4n) is 9.01. The number of aromatic nitrogens is 6. The molecule has 4 heterocycles. The molecule has 0 saturated carbocycles. The predicted octanol–water partition coefficient (Wildman–Crippen LogP) is 9.75. The minimum atomic E-state index is -1.11. The van der Waals surface area contributed by atoms with Gasteiger partial charge in [-0.05, 0) is 138 Å². The monoisotopic (exact) mass is 1090 g/mol. The maximum absolute atomic E-state index is 14.9. The second-order valence-corrected chi connectivity index (χ2v) is 18.3. The van der Waals surface area contributed by atoms with Gasteiger partial charge in [0.2, 0.25) is 11.9 Å². The zero-order chi connectivity index (χ0) is 56.9. The molecule has 0 spiro atoms. The van der Waals surface area contributed by atoms with E-state index in [9.17, 15) is 46.2 Å². The van der Waals surface area contributed by atoms with Crippen molar-refractivity contribution in [3.63, 3.8) is 0 Å². The first-order valence-corrected chi connectivity index (χ1v) is 26.0. The van der Waals surface area contributed by atoms with Gasteiger partial charge in [-0.3, -0.25) is 23.5 Å². The van der Waals surface area contributed by atoms with Gasteiger partial charge in [-0.1, -0.05) is 52.0 Å². The highest BCUT2D eigenvalue weighted by molar-refractivity contribution is 5.99. The molecule has 0 radical (unpaired) electrons. The highest BCUT2D eigenvalue weighted by Gasteiger charge is 2.23. The molecular weight excluding hydrogens is 1030 g/mol. The number of carboxylic acid groups (broad SMARTS) is 1. The van der Waals surface area contributed by atoms with Crippen molar-refractivity contribution in [2.45, 2.75) is 54.4 Å². The molecule has 0 unspecified atom stereocenters. The van der Waals surface area contributed by atoms with Crippen LogP contribution in [0.25, 0.3) is 56.0 Å². The van der Waals surface area contributed by atoms with Gasteiger partial charge in [0.25, 0.3) is 17.0 Å². The van der Waals surface area contributed by atoms with Crippen LogP contribution in [0.15, 0.2) is 107 Å². The van der Waals surface area contributed by atoms with E-state index in [1.807, 2.05) is 6.92 Å². The Balaban J connectivity index is 0.000000229. The molecule has 0 fully saturated rings. The number of amides is 1. The molecule has 4 aromatic heterocycles. The molecule has 0 aliphatic rings. The number of carbonyl (C=O) groups excluding carboxylic acids is 1. The largest absolute Gasteiger partial charge is 0.478 e. The number of hydrogen-bond acceptors (Lipinski definition) is 12. The summed E-state index contributed by atoms with van der Waals surface area (Å²) in [5.41, 5.74) is 1.16. The van der Waals surface area contributed by atoms with Crippen molar-refractivity contribution < 1.29 is 36.6 Å². The van der Waals surface area contributed by atoms with Crippen molar-refractivity contribution in [1.29, 1.82) is 0 Å². The summed E-state index contributed by atoms with van der Waals surface area (Å²) in [5, 5.41) is 19.1. The van der Waals surface area contributed by atoms with E-state index < -0.39 is 64.3 Å². The number of carboxylic acids is 1. The zero-order valence-corrected chi connectivity index (χ0v) is 44.8. The van der Waals surface area contributed by atoms with E-state index in [4.69, 9.17) is 4.98 Å². The molecule has 16 nitrogen and oxygen atoms in total.